The smallest absolute Gasteiger partial charge is 0.416 e. The van der Waals surface area contributed by atoms with Crippen LogP contribution in [0, 0.1) is 6.92 Å². The van der Waals surface area contributed by atoms with E-state index in [2.05, 4.69) is 15.4 Å². The van der Waals surface area contributed by atoms with Gasteiger partial charge in [-0.1, -0.05) is 11.2 Å². The number of carbonyl (C=O) groups excluding carboxylic acids is 1. The van der Waals surface area contributed by atoms with Gasteiger partial charge in [-0.05, 0) is 104 Å². The van der Waals surface area contributed by atoms with Crippen molar-refractivity contribution >= 4 is 17.7 Å². The molecule has 0 radical (unpaired) electrons. The first-order valence-corrected chi connectivity index (χ1v) is 14.1. The molecule has 14 heteroatoms. The lowest BCUT2D eigenvalue weighted by molar-refractivity contribution is -0.143. The van der Waals surface area contributed by atoms with Crippen molar-refractivity contribution in [2.75, 3.05) is 16.3 Å². The van der Waals surface area contributed by atoms with Gasteiger partial charge in [0.1, 0.15) is 0 Å². The Morgan fingerprint density at radius 2 is 1.72 bits per heavy atom. The number of alkyl halides is 6. The molecule has 5 rings (SSSR count). The number of tetrazole rings is 1. The summed E-state index contributed by atoms with van der Waals surface area (Å²) in [5, 5.41) is 12.3. The summed E-state index contributed by atoms with van der Waals surface area (Å²) in [6.07, 6.45) is -7.39. The van der Waals surface area contributed by atoms with Crippen molar-refractivity contribution < 1.29 is 35.9 Å². The number of ether oxygens (including phenoxy) is 1. The number of aromatic nitrogens is 4. The minimum absolute atomic E-state index is 0.0424. The quantitative estimate of drug-likeness (QED) is 0.292. The number of aryl methyl sites for hydroxylation is 2. The van der Waals surface area contributed by atoms with Gasteiger partial charge in [0.15, 0.2) is 0 Å². The first-order chi connectivity index (χ1) is 20.1. The van der Waals surface area contributed by atoms with Gasteiger partial charge in [0, 0.05) is 13.1 Å². The van der Waals surface area contributed by atoms with E-state index in [0.717, 1.165) is 48.1 Å². The van der Waals surface area contributed by atoms with Gasteiger partial charge >= 0.3 is 18.4 Å². The van der Waals surface area contributed by atoms with Gasteiger partial charge in [0.25, 0.3) is 5.95 Å². The zero-order chi connectivity index (χ0) is 31.3. The number of amides is 1. The van der Waals surface area contributed by atoms with E-state index >= 15 is 0 Å². The van der Waals surface area contributed by atoms with Crippen molar-refractivity contribution in [3.63, 3.8) is 0 Å². The van der Waals surface area contributed by atoms with Gasteiger partial charge in [-0.25, -0.2) is 4.79 Å². The maximum atomic E-state index is 13.7. The van der Waals surface area contributed by atoms with E-state index in [1.807, 2.05) is 13.0 Å². The van der Waals surface area contributed by atoms with Crippen LogP contribution < -0.4 is 9.80 Å². The molecule has 1 aliphatic carbocycles. The summed E-state index contributed by atoms with van der Waals surface area (Å²) in [7, 11) is 1.52. The molecule has 3 aromatic rings. The standard InChI is InChI=1S/C29H32F6N6O2/c1-16(2)43-27(42)40-10-6-9-24(23-13-19-7-5-8-22(19)17(3)25(23)40)41(26-36-38-39(4)37-26)15-18-11-20(28(30,31)32)14-21(12-18)29(33,34)35/h11-14,16,24H,5-10,15H2,1-4H3. The minimum Gasteiger partial charge on any atom is -0.446 e. The second-order valence-electron chi connectivity index (χ2n) is 11.3. The Hall–Kier alpha value is -3.84. The number of hydrogen-bond acceptors (Lipinski definition) is 6. The van der Waals surface area contributed by atoms with Gasteiger partial charge in [0.2, 0.25) is 0 Å². The summed E-state index contributed by atoms with van der Waals surface area (Å²) in [4.78, 5) is 17.7. The maximum Gasteiger partial charge on any atom is 0.416 e. The van der Waals surface area contributed by atoms with Crippen LogP contribution in [0.4, 0.5) is 42.8 Å². The van der Waals surface area contributed by atoms with Crippen LogP contribution in [0.25, 0.3) is 0 Å². The van der Waals surface area contributed by atoms with E-state index in [0.29, 0.717) is 30.6 Å². The summed E-state index contributed by atoms with van der Waals surface area (Å²) in [6, 6.07) is 2.96. The molecule has 0 spiro atoms. The van der Waals surface area contributed by atoms with E-state index in [-0.39, 0.29) is 30.2 Å². The van der Waals surface area contributed by atoms with E-state index in [9.17, 15) is 31.1 Å². The summed E-state index contributed by atoms with van der Waals surface area (Å²) < 4.78 is 87.9. The van der Waals surface area contributed by atoms with Gasteiger partial charge in [-0.15, -0.1) is 5.10 Å². The van der Waals surface area contributed by atoms with Crippen LogP contribution in [-0.4, -0.2) is 38.9 Å². The van der Waals surface area contributed by atoms with Gasteiger partial charge in [-0.2, -0.15) is 31.1 Å². The SMILES string of the molecule is Cc1c2c(cc3c1N(C(=O)OC(C)C)CCCC3N(Cc1cc(C(F)(F)F)cc(C(F)(F)F)c1)c1nnn(C)n1)CCC2. The van der Waals surface area contributed by atoms with Gasteiger partial charge < -0.3 is 9.64 Å². The highest BCUT2D eigenvalue weighted by atomic mass is 19.4. The highest BCUT2D eigenvalue weighted by Crippen LogP contribution is 2.45. The number of rotatable bonds is 5. The van der Waals surface area contributed by atoms with Crippen molar-refractivity contribution in [2.24, 2.45) is 7.05 Å². The lowest BCUT2D eigenvalue weighted by Crippen LogP contribution is -2.35. The molecule has 1 atom stereocenters. The van der Waals surface area contributed by atoms with Crippen molar-refractivity contribution in [1.29, 1.82) is 0 Å². The zero-order valence-electron chi connectivity index (χ0n) is 24.2. The summed E-state index contributed by atoms with van der Waals surface area (Å²) in [6.45, 7) is 5.39. The number of hydrogen-bond donors (Lipinski definition) is 0. The van der Waals surface area contributed by atoms with Crippen LogP contribution in [0.2, 0.25) is 0 Å². The number of fused-ring (bicyclic) bond motifs is 2. The lowest BCUT2D eigenvalue weighted by Gasteiger charge is -2.33. The Labute approximate surface area is 244 Å². The normalized spacial score (nSPS) is 17.1. The predicted molar refractivity (Wildman–Crippen MR) is 146 cm³/mol. The fourth-order valence-electron chi connectivity index (χ4n) is 6.08. The molecule has 43 heavy (non-hydrogen) atoms. The molecule has 1 aromatic heterocycles. The van der Waals surface area contributed by atoms with E-state index in [4.69, 9.17) is 4.74 Å². The summed E-state index contributed by atoms with van der Waals surface area (Å²) >= 11 is 0. The second kappa shape index (κ2) is 11.3. The largest absolute Gasteiger partial charge is 0.446 e. The van der Waals surface area contributed by atoms with Crippen LogP contribution in [0.5, 0.6) is 0 Å². The third kappa shape index (κ3) is 6.28. The summed E-state index contributed by atoms with van der Waals surface area (Å²) in [5.74, 6) is 0.0424. The third-order valence-electron chi connectivity index (χ3n) is 7.85. The Kier molecular flexibility index (Phi) is 8.07. The number of anilines is 2. The molecular formula is C29H32F6N6O2. The molecule has 8 nitrogen and oxygen atoms in total. The fraction of sp³-hybridized carbons (Fsp3) is 0.517. The molecule has 232 valence electrons. The lowest BCUT2D eigenvalue weighted by atomic mass is 9.91. The second-order valence-corrected chi connectivity index (χ2v) is 11.3. The summed E-state index contributed by atoms with van der Waals surface area (Å²) in [5.41, 5.74) is 1.49. The average molecular weight is 611 g/mol. The molecule has 1 aliphatic heterocycles. The highest BCUT2D eigenvalue weighted by Gasteiger charge is 2.39. The molecule has 0 N–H and O–H groups in total. The van der Waals surface area contributed by atoms with Crippen molar-refractivity contribution in [3.8, 4) is 0 Å². The zero-order valence-corrected chi connectivity index (χ0v) is 24.2. The first kappa shape index (κ1) is 30.6. The molecule has 0 bridgehead atoms. The first-order valence-electron chi connectivity index (χ1n) is 14.1. The van der Waals surface area contributed by atoms with Crippen LogP contribution >= 0.6 is 0 Å². The molecule has 2 heterocycles. The number of nitrogens with zero attached hydrogens (tertiary/aromatic N) is 6. The van der Waals surface area contributed by atoms with Crippen LogP contribution in [-0.2, 0) is 43.5 Å². The van der Waals surface area contributed by atoms with Crippen molar-refractivity contribution in [3.05, 3.63) is 63.2 Å². The van der Waals surface area contributed by atoms with E-state index < -0.39 is 35.6 Å². The van der Waals surface area contributed by atoms with Gasteiger partial charge in [-0.3, -0.25) is 4.90 Å². The maximum absolute atomic E-state index is 13.7. The molecule has 2 aromatic carbocycles. The van der Waals surface area contributed by atoms with E-state index in [1.54, 1.807) is 23.6 Å². The topological polar surface area (TPSA) is 76.4 Å². The highest BCUT2D eigenvalue weighted by molar-refractivity contribution is 5.91. The fourth-order valence-corrected chi connectivity index (χ4v) is 6.08. The van der Waals surface area contributed by atoms with Crippen LogP contribution in [0.15, 0.2) is 24.3 Å². The number of halogens is 6. The van der Waals surface area contributed by atoms with Crippen LogP contribution in [0.3, 0.4) is 0 Å². The molecule has 0 saturated carbocycles. The number of carbonyl (C=O) groups is 1. The monoisotopic (exact) mass is 610 g/mol. The van der Waals surface area contributed by atoms with Crippen LogP contribution in [0.1, 0.15) is 78.1 Å². The van der Waals surface area contributed by atoms with Crippen molar-refractivity contribution in [2.45, 2.75) is 83.9 Å². The van der Waals surface area contributed by atoms with E-state index in [1.165, 1.54) is 11.8 Å². The predicted octanol–water partition coefficient (Wildman–Crippen LogP) is 6.94. The molecule has 0 saturated heterocycles. The molecule has 1 amide bonds. The Morgan fingerprint density at radius 3 is 2.30 bits per heavy atom. The number of benzene rings is 2. The Bertz CT molecular complexity index is 1480. The molecule has 1 unspecified atom stereocenters. The Balaban J connectivity index is 1.67. The molecule has 0 fully saturated rings. The molecular weight excluding hydrogens is 578 g/mol. The average Bonchev–Trinajstić information content (AvgIpc) is 3.51. The van der Waals surface area contributed by atoms with Gasteiger partial charge in [0.05, 0.1) is 36.0 Å². The van der Waals surface area contributed by atoms with Crippen molar-refractivity contribution in [1.82, 2.24) is 20.2 Å². The Morgan fingerprint density at radius 1 is 1.05 bits per heavy atom. The minimum atomic E-state index is -4.99. The third-order valence-corrected chi connectivity index (χ3v) is 7.85. The molecule has 2 aliphatic rings.